The van der Waals surface area contributed by atoms with Crippen LogP contribution in [0.25, 0.3) is 11.1 Å². The van der Waals surface area contributed by atoms with Gasteiger partial charge in [-0.3, -0.25) is 9.59 Å². The smallest absolute Gasteiger partial charge is 0.240 e. The van der Waals surface area contributed by atoms with Crippen molar-refractivity contribution < 1.29 is 9.59 Å². The van der Waals surface area contributed by atoms with Crippen LogP contribution in [0.1, 0.15) is 25.8 Å². The van der Waals surface area contributed by atoms with E-state index in [-0.39, 0.29) is 18.2 Å². The van der Waals surface area contributed by atoms with Crippen LogP contribution in [-0.2, 0) is 16.0 Å². The summed E-state index contributed by atoms with van der Waals surface area (Å²) in [7, 11) is 0. The fraction of sp³-hybridized carbons (Fsp3) is 0.300. The molecule has 2 amide bonds. The molecule has 4 nitrogen and oxygen atoms in total. The molecule has 0 heterocycles. The van der Waals surface area contributed by atoms with E-state index in [4.69, 9.17) is 5.73 Å². The third-order valence-corrected chi connectivity index (χ3v) is 3.84. The highest BCUT2D eigenvalue weighted by Gasteiger charge is 2.20. The van der Waals surface area contributed by atoms with Gasteiger partial charge in [0.25, 0.3) is 0 Å². The molecule has 0 aliphatic heterocycles. The minimum absolute atomic E-state index is 0.192. The molecule has 2 rings (SSSR count). The number of nitrogens with two attached hydrogens (primary N) is 1. The Morgan fingerprint density at radius 3 is 2.25 bits per heavy atom. The number of hydrogen-bond donors (Lipinski definition) is 2. The molecule has 0 fully saturated rings. The summed E-state index contributed by atoms with van der Waals surface area (Å²) in [5, 5.41) is 2.76. The lowest BCUT2D eigenvalue weighted by atomic mass is 9.97. The van der Waals surface area contributed by atoms with Crippen molar-refractivity contribution in [2.75, 3.05) is 0 Å². The van der Waals surface area contributed by atoms with Gasteiger partial charge in [0, 0.05) is 0 Å². The Bertz CT molecular complexity index is 696. The van der Waals surface area contributed by atoms with Crippen molar-refractivity contribution in [1.82, 2.24) is 5.32 Å². The van der Waals surface area contributed by atoms with Gasteiger partial charge in [0.2, 0.25) is 11.8 Å². The number of amides is 2. The summed E-state index contributed by atoms with van der Waals surface area (Å²) in [5.74, 6) is -0.407. The monoisotopic (exact) mass is 324 g/mol. The molecule has 126 valence electrons. The third kappa shape index (κ3) is 4.95. The van der Waals surface area contributed by atoms with Crippen molar-refractivity contribution in [2.24, 2.45) is 11.7 Å². The molecule has 1 atom stereocenters. The second-order valence-electron chi connectivity index (χ2n) is 6.35. The second-order valence-corrected chi connectivity index (χ2v) is 6.35. The summed E-state index contributed by atoms with van der Waals surface area (Å²) in [5.41, 5.74) is 8.40. The fourth-order valence-electron chi connectivity index (χ4n) is 2.71. The molecule has 0 aliphatic carbocycles. The summed E-state index contributed by atoms with van der Waals surface area (Å²) < 4.78 is 0. The number of carbonyl (C=O) groups is 2. The highest BCUT2D eigenvalue weighted by Crippen LogP contribution is 2.23. The molecule has 2 aromatic carbocycles. The first-order valence-corrected chi connectivity index (χ1v) is 8.19. The van der Waals surface area contributed by atoms with Gasteiger partial charge in [-0.25, -0.2) is 0 Å². The minimum atomic E-state index is -0.624. The summed E-state index contributed by atoms with van der Waals surface area (Å²) in [4.78, 5) is 23.9. The van der Waals surface area contributed by atoms with Crippen LogP contribution in [-0.4, -0.2) is 17.9 Å². The summed E-state index contributed by atoms with van der Waals surface area (Å²) in [6.07, 6.45) is 0.758. The van der Waals surface area contributed by atoms with Crippen LogP contribution >= 0.6 is 0 Å². The van der Waals surface area contributed by atoms with E-state index in [2.05, 4.69) is 5.32 Å². The maximum Gasteiger partial charge on any atom is 0.240 e. The zero-order valence-corrected chi connectivity index (χ0v) is 14.2. The van der Waals surface area contributed by atoms with Crippen molar-refractivity contribution in [3.63, 3.8) is 0 Å². The summed E-state index contributed by atoms with van der Waals surface area (Å²) in [6.45, 7) is 3.99. The topological polar surface area (TPSA) is 72.2 Å². The van der Waals surface area contributed by atoms with E-state index in [1.165, 1.54) is 0 Å². The Morgan fingerprint density at radius 1 is 1.00 bits per heavy atom. The first kappa shape index (κ1) is 17.7. The molecule has 0 spiro atoms. The predicted molar refractivity (Wildman–Crippen MR) is 96.2 cm³/mol. The number of nitrogens with one attached hydrogen (secondary N) is 1. The quantitative estimate of drug-likeness (QED) is 0.822. The number of primary amides is 1. The van der Waals surface area contributed by atoms with Gasteiger partial charge in [-0.15, -0.1) is 0 Å². The van der Waals surface area contributed by atoms with Crippen molar-refractivity contribution in [2.45, 2.75) is 32.7 Å². The molecule has 2 aromatic rings. The number of hydrogen-bond acceptors (Lipinski definition) is 2. The number of rotatable bonds is 7. The zero-order valence-electron chi connectivity index (χ0n) is 14.2. The SMILES string of the molecule is CC(C)CC(NC(=O)Cc1ccccc1-c1ccccc1)C(N)=O. The van der Waals surface area contributed by atoms with Gasteiger partial charge in [-0.2, -0.15) is 0 Å². The molecule has 1 unspecified atom stereocenters. The van der Waals surface area contributed by atoms with Gasteiger partial charge in [0.05, 0.1) is 6.42 Å². The Labute approximate surface area is 143 Å². The zero-order chi connectivity index (χ0) is 17.5. The van der Waals surface area contributed by atoms with Crippen LogP contribution < -0.4 is 11.1 Å². The van der Waals surface area contributed by atoms with Crippen molar-refractivity contribution in [3.05, 3.63) is 60.2 Å². The van der Waals surface area contributed by atoms with E-state index < -0.39 is 11.9 Å². The lowest BCUT2D eigenvalue weighted by Gasteiger charge is -2.18. The van der Waals surface area contributed by atoms with Crippen LogP contribution in [0.4, 0.5) is 0 Å². The molecule has 4 heteroatoms. The molecule has 3 N–H and O–H groups in total. The highest BCUT2D eigenvalue weighted by molar-refractivity contribution is 5.88. The average molecular weight is 324 g/mol. The second kappa shape index (κ2) is 8.29. The van der Waals surface area contributed by atoms with E-state index in [1.807, 2.05) is 68.4 Å². The van der Waals surface area contributed by atoms with Crippen LogP contribution in [0.2, 0.25) is 0 Å². The molecule has 0 aliphatic rings. The number of benzene rings is 2. The van der Waals surface area contributed by atoms with Crippen molar-refractivity contribution in [1.29, 1.82) is 0 Å². The van der Waals surface area contributed by atoms with Crippen LogP contribution in [0.3, 0.4) is 0 Å². The van der Waals surface area contributed by atoms with E-state index in [0.29, 0.717) is 6.42 Å². The molecule has 0 saturated carbocycles. The highest BCUT2D eigenvalue weighted by atomic mass is 16.2. The van der Waals surface area contributed by atoms with E-state index in [1.54, 1.807) is 0 Å². The Hall–Kier alpha value is -2.62. The van der Waals surface area contributed by atoms with Gasteiger partial charge in [0.1, 0.15) is 6.04 Å². The Balaban J connectivity index is 2.13. The minimum Gasteiger partial charge on any atom is -0.368 e. The lowest BCUT2D eigenvalue weighted by molar-refractivity contribution is -0.127. The van der Waals surface area contributed by atoms with Crippen molar-refractivity contribution >= 4 is 11.8 Å². The van der Waals surface area contributed by atoms with Gasteiger partial charge in [-0.1, -0.05) is 68.4 Å². The molecular formula is C20H24N2O2. The van der Waals surface area contributed by atoms with E-state index in [0.717, 1.165) is 16.7 Å². The molecular weight excluding hydrogens is 300 g/mol. The standard InChI is InChI=1S/C20H24N2O2/c1-14(2)12-18(20(21)24)22-19(23)13-16-10-6-7-11-17(16)15-8-4-3-5-9-15/h3-11,14,18H,12-13H2,1-2H3,(H2,21,24)(H,22,23). The van der Waals surface area contributed by atoms with E-state index in [9.17, 15) is 9.59 Å². The maximum atomic E-state index is 12.4. The van der Waals surface area contributed by atoms with Crippen molar-refractivity contribution in [3.8, 4) is 11.1 Å². The molecule has 0 bridgehead atoms. The summed E-state index contributed by atoms with van der Waals surface area (Å²) >= 11 is 0. The average Bonchev–Trinajstić information content (AvgIpc) is 2.55. The van der Waals surface area contributed by atoms with Crippen LogP contribution in [0.15, 0.2) is 54.6 Å². The van der Waals surface area contributed by atoms with Gasteiger partial charge < -0.3 is 11.1 Å². The fourth-order valence-corrected chi connectivity index (χ4v) is 2.71. The van der Waals surface area contributed by atoms with Crippen LogP contribution in [0, 0.1) is 5.92 Å². The normalized spacial score (nSPS) is 12.0. The number of carbonyl (C=O) groups excluding carboxylic acids is 2. The molecule has 0 saturated heterocycles. The van der Waals surface area contributed by atoms with Gasteiger partial charge >= 0.3 is 0 Å². The largest absolute Gasteiger partial charge is 0.368 e. The van der Waals surface area contributed by atoms with E-state index >= 15 is 0 Å². The Morgan fingerprint density at radius 2 is 1.62 bits per heavy atom. The lowest BCUT2D eigenvalue weighted by Crippen LogP contribution is -2.45. The third-order valence-electron chi connectivity index (χ3n) is 3.84. The predicted octanol–water partition coefficient (Wildman–Crippen LogP) is 2.91. The molecule has 24 heavy (non-hydrogen) atoms. The first-order chi connectivity index (χ1) is 11.5. The maximum absolute atomic E-state index is 12.4. The summed E-state index contributed by atoms with van der Waals surface area (Å²) in [6, 6.07) is 17.1. The van der Waals surface area contributed by atoms with Gasteiger partial charge in [-0.05, 0) is 29.0 Å². The van der Waals surface area contributed by atoms with Gasteiger partial charge in [0.15, 0.2) is 0 Å². The Kier molecular flexibility index (Phi) is 6.13. The molecule has 0 radical (unpaired) electrons. The van der Waals surface area contributed by atoms with Crippen LogP contribution in [0.5, 0.6) is 0 Å². The first-order valence-electron chi connectivity index (χ1n) is 8.19. The molecule has 0 aromatic heterocycles.